The monoisotopic (exact) mass is 211 g/mol. The predicted octanol–water partition coefficient (Wildman–Crippen LogP) is 0.379. The maximum absolute atomic E-state index is 8.98. The molecule has 0 radical (unpaired) electrons. The molecule has 0 saturated carbocycles. The van der Waals surface area contributed by atoms with E-state index < -0.39 is 5.79 Å². The van der Waals surface area contributed by atoms with Gasteiger partial charge in [-0.05, 0) is 33.1 Å². The maximum Gasteiger partial charge on any atom is 0.159 e. The third-order valence-electron chi connectivity index (χ3n) is 0.933. The van der Waals surface area contributed by atoms with Gasteiger partial charge < -0.3 is 20.7 Å². The van der Waals surface area contributed by atoms with Crippen molar-refractivity contribution < 1.29 is 14.9 Å². The van der Waals surface area contributed by atoms with E-state index >= 15 is 0 Å². The highest BCUT2D eigenvalue weighted by Crippen LogP contribution is 2.02. The zero-order valence-electron chi connectivity index (χ0n) is 8.62. The largest absolute Gasteiger partial charge is 0.386 e. The standard InChI is InChI=1S/C6H15NO2.C2H6OS/c1-6(2,8)9-5-3-4-7;1-4-2-3/h8H,3-5,7H2,1-2H3;3H,2H2,1H3. The summed E-state index contributed by atoms with van der Waals surface area (Å²) < 4.78 is 4.95. The number of aliphatic hydroxyl groups excluding tert-OH is 1. The van der Waals surface area contributed by atoms with Gasteiger partial charge in [0.1, 0.15) is 0 Å². The maximum atomic E-state index is 8.98. The second kappa shape index (κ2) is 10.3. The summed E-state index contributed by atoms with van der Waals surface area (Å²) in [6.07, 6.45) is 2.64. The Balaban J connectivity index is 0. The highest BCUT2D eigenvalue weighted by atomic mass is 32.2. The summed E-state index contributed by atoms with van der Waals surface area (Å²) >= 11 is 1.41. The third-order valence-corrected chi connectivity index (χ3v) is 1.19. The lowest BCUT2D eigenvalue weighted by Gasteiger charge is -2.17. The minimum Gasteiger partial charge on any atom is -0.386 e. The van der Waals surface area contributed by atoms with Crippen LogP contribution in [0.5, 0.6) is 0 Å². The average molecular weight is 211 g/mol. The van der Waals surface area contributed by atoms with E-state index in [1.165, 1.54) is 11.8 Å². The molecule has 0 aromatic rings. The van der Waals surface area contributed by atoms with E-state index in [1.807, 2.05) is 6.26 Å². The molecule has 0 atom stereocenters. The molecule has 0 spiro atoms. The van der Waals surface area contributed by atoms with Crippen LogP contribution < -0.4 is 5.73 Å². The van der Waals surface area contributed by atoms with Crippen LogP contribution in [0.4, 0.5) is 0 Å². The second-order valence-electron chi connectivity index (χ2n) is 2.86. The van der Waals surface area contributed by atoms with Crippen LogP contribution in [0.1, 0.15) is 20.3 Å². The van der Waals surface area contributed by atoms with E-state index in [9.17, 15) is 0 Å². The van der Waals surface area contributed by atoms with Crippen LogP contribution in [0, 0.1) is 0 Å². The summed E-state index contributed by atoms with van der Waals surface area (Å²) in [6.45, 7) is 4.34. The Hall–Kier alpha value is 0.190. The highest BCUT2D eigenvalue weighted by molar-refractivity contribution is 7.98. The molecule has 0 fully saturated rings. The lowest BCUT2D eigenvalue weighted by molar-refractivity contribution is -0.175. The molecule has 0 aliphatic carbocycles. The molecule has 0 aliphatic heterocycles. The van der Waals surface area contributed by atoms with Crippen molar-refractivity contribution >= 4 is 11.8 Å². The summed E-state index contributed by atoms with van der Waals surface area (Å²) in [7, 11) is 0. The number of nitrogens with two attached hydrogens (primary N) is 1. The molecular formula is C8H21NO3S. The van der Waals surface area contributed by atoms with Gasteiger partial charge in [0, 0.05) is 0 Å². The van der Waals surface area contributed by atoms with E-state index in [4.69, 9.17) is 20.7 Å². The van der Waals surface area contributed by atoms with Gasteiger partial charge in [0.15, 0.2) is 5.79 Å². The predicted molar refractivity (Wildman–Crippen MR) is 56.5 cm³/mol. The van der Waals surface area contributed by atoms with Gasteiger partial charge in [0.25, 0.3) is 0 Å². The number of hydrogen-bond acceptors (Lipinski definition) is 5. The van der Waals surface area contributed by atoms with E-state index in [-0.39, 0.29) is 5.94 Å². The van der Waals surface area contributed by atoms with Crippen molar-refractivity contribution in [2.45, 2.75) is 26.1 Å². The van der Waals surface area contributed by atoms with Gasteiger partial charge in [-0.15, -0.1) is 11.8 Å². The molecule has 0 heterocycles. The molecule has 0 aromatic carbocycles. The van der Waals surface area contributed by atoms with Crippen LogP contribution >= 0.6 is 11.8 Å². The Morgan fingerprint density at radius 3 is 2.15 bits per heavy atom. The van der Waals surface area contributed by atoms with Crippen LogP contribution in [0.15, 0.2) is 0 Å². The number of rotatable bonds is 5. The van der Waals surface area contributed by atoms with Crippen molar-refractivity contribution in [3.8, 4) is 0 Å². The number of aliphatic hydroxyl groups is 2. The zero-order valence-corrected chi connectivity index (χ0v) is 9.43. The number of hydrogen-bond donors (Lipinski definition) is 3. The van der Waals surface area contributed by atoms with Gasteiger partial charge in [-0.2, -0.15) is 0 Å². The molecule has 4 N–H and O–H groups in total. The molecule has 0 rings (SSSR count). The van der Waals surface area contributed by atoms with Gasteiger partial charge in [-0.1, -0.05) is 0 Å². The molecule has 82 valence electrons. The number of ether oxygens (including phenoxy) is 1. The first-order valence-corrected chi connectivity index (χ1v) is 5.53. The smallest absolute Gasteiger partial charge is 0.159 e. The lowest BCUT2D eigenvalue weighted by Crippen LogP contribution is -2.24. The molecule has 0 bridgehead atoms. The molecule has 0 saturated heterocycles. The molecule has 0 amide bonds. The molecular weight excluding hydrogens is 190 g/mol. The SMILES string of the molecule is CC(C)(O)OCCCN.CSCO. The molecule has 0 unspecified atom stereocenters. The Morgan fingerprint density at radius 1 is 1.46 bits per heavy atom. The van der Waals surface area contributed by atoms with Crippen molar-refractivity contribution in [2.75, 3.05) is 25.3 Å². The second-order valence-corrected chi connectivity index (χ2v) is 3.69. The van der Waals surface area contributed by atoms with Crippen LogP contribution in [0.2, 0.25) is 0 Å². The fourth-order valence-corrected chi connectivity index (χ4v) is 0.405. The van der Waals surface area contributed by atoms with Gasteiger partial charge >= 0.3 is 0 Å². The Bertz CT molecular complexity index is 93.9. The van der Waals surface area contributed by atoms with Crippen LogP contribution in [-0.4, -0.2) is 41.3 Å². The molecule has 4 nitrogen and oxygen atoms in total. The number of thioether (sulfide) groups is 1. The summed E-state index contributed by atoms with van der Waals surface area (Å²) in [6, 6.07) is 0. The fraction of sp³-hybridized carbons (Fsp3) is 1.00. The van der Waals surface area contributed by atoms with E-state index in [2.05, 4.69) is 0 Å². The first kappa shape index (κ1) is 15.7. The van der Waals surface area contributed by atoms with E-state index in [0.29, 0.717) is 13.2 Å². The summed E-state index contributed by atoms with van der Waals surface area (Å²) in [5, 5.41) is 16.8. The van der Waals surface area contributed by atoms with Crippen LogP contribution in [0.25, 0.3) is 0 Å². The summed E-state index contributed by atoms with van der Waals surface area (Å²) in [5.74, 6) is -0.769. The summed E-state index contributed by atoms with van der Waals surface area (Å²) in [4.78, 5) is 0. The first-order chi connectivity index (χ1) is 5.97. The van der Waals surface area contributed by atoms with E-state index in [1.54, 1.807) is 13.8 Å². The quantitative estimate of drug-likeness (QED) is 0.453. The van der Waals surface area contributed by atoms with Crippen molar-refractivity contribution in [3.63, 3.8) is 0 Å². The Kier molecular flexibility index (Phi) is 12.4. The van der Waals surface area contributed by atoms with Crippen molar-refractivity contribution in [1.29, 1.82) is 0 Å². The third kappa shape index (κ3) is 24.5. The van der Waals surface area contributed by atoms with E-state index in [0.717, 1.165) is 6.42 Å². The van der Waals surface area contributed by atoms with Gasteiger partial charge in [-0.3, -0.25) is 0 Å². The topological polar surface area (TPSA) is 75.7 Å². The fourth-order valence-electron chi connectivity index (χ4n) is 0.405. The molecule has 0 aliphatic rings. The van der Waals surface area contributed by atoms with Crippen LogP contribution in [-0.2, 0) is 4.74 Å². The lowest BCUT2D eigenvalue weighted by atomic mass is 10.4. The van der Waals surface area contributed by atoms with Crippen LogP contribution in [0.3, 0.4) is 0 Å². The average Bonchev–Trinajstić information content (AvgIpc) is 2.03. The zero-order chi connectivity index (χ0) is 10.7. The highest BCUT2D eigenvalue weighted by Gasteiger charge is 2.10. The van der Waals surface area contributed by atoms with Gasteiger partial charge in [-0.25, -0.2) is 0 Å². The first-order valence-electron chi connectivity index (χ1n) is 4.14. The normalized spacial score (nSPS) is 10.6. The van der Waals surface area contributed by atoms with Crippen molar-refractivity contribution in [3.05, 3.63) is 0 Å². The Labute approximate surface area is 84.5 Å². The molecule has 5 heteroatoms. The van der Waals surface area contributed by atoms with Crippen molar-refractivity contribution in [1.82, 2.24) is 0 Å². The Morgan fingerprint density at radius 2 is 1.92 bits per heavy atom. The minimum atomic E-state index is -1.00. The van der Waals surface area contributed by atoms with Gasteiger partial charge in [0.05, 0.1) is 12.5 Å². The van der Waals surface area contributed by atoms with Gasteiger partial charge in [0.2, 0.25) is 0 Å². The summed E-state index contributed by atoms with van der Waals surface area (Å²) in [5.41, 5.74) is 5.20. The van der Waals surface area contributed by atoms with Crippen molar-refractivity contribution in [2.24, 2.45) is 5.73 Å². The molecule has 0 aromatic heterocycles. The molecule has 13 heavy (non-hydrogen) atoms. The minimum absolute atomic E-state index is 0.236.